The molecule has 0 saturated carbocycles. The number of nitrogens with zero attached hydrogens (tertiary/aromatic N) is 1. The molecular weight excluding hydrogens is 395 g/mol. The third-order valence-corrected chi connectivity index (χ3v) is 7.14. The zero-order valence-corrected chi connectivity index (χ0v) is 16.8. The molecular formula is C17H21FN2O5S2. The van der Waals surface area contributed by atoms with Gasteiger partial charge in [-0.3, -0.25) is 0 Å². The highest BCUT2D eigenvalue weighted by atomic mass is 32.2. The number of benzene rings is 2. The van der Waals surface area contributed by atoms with Crippen LogP contribution in [0.3, 0.4) is 0 Å². The van der Waals surface area contributed by atoms with Crippen molar-refractivity contribution in [1.82, 2.24) is 9.03 Å². The fourth-order valence-corrected chi connectivity index (χ4v) is 4.39. The van der Waals surface area contributed by atoms with E-state index in [0.717, 1.165) is 16.4 Å². The zero-order valence-electron chi connectivity index (χ0n) is 15.1. The summed E-state index contributed by atoms with van der Waals surface area (Å²) in [6.07, 6.45) is 0. The fraction of sp³-hybridized carbons (Fsp3) is 0.294. The maximum absolute atomic E-state index is 13.1. The van der Waals surface area contributed by atoms with Crippen LogP contribution in [-0.2, 0) is 20.0 Å². The Labute approximate surface area is 158 Å². The van der Waals surface area contributed by atoms with E-state index in [1.54, 1.807) is 0 Å². The van der Waals surface area contributed by atoms with E-state index >= 15 is 0 Å². The highest BCUT2D eigenvalue weighted by Crippen LogP contribution is 2.18. The summed E-state index contributed by atoms with van der Waals surface area (Å²) in [6.45, 7) is 1.55. The van der Waals surface area contributed by atoms with Gasteiger partial charge in [-0.15, -0.1) is 0 Å². The Hall–Kier alpha value is -2.01. The van der Waals surface area contributed by atoms with Crippen molar-refractivity contribution in [3.05, 3.63) is 53.8 Å². The minimum atomic E-state index is -3.78. The summed E-state index contributed by atoms with van der Waals surface area (Å²) in [4.78, 5) is 0.134. The molecule has 0 unspecified atom stereocenters. The molecule has 0 amide bonds. The van der Waals surface area contributed by atoms with Crippen LogP contribution in [0, 0.1) is 12.7 Å². The standard InChI is InChI=1S/C17H21FN2O5S2/c1-13-12-14(18)4-9-17(13)26(21,22)19-10-11-25-15-5-7-16(8-6-15)27(23,24)20(2)3/h4-9,12,19H,10-11H2,1-3H3. The van der Waals surface area contributed by atoms with Crippen molar-refractivity contribution < 1.29 is 26.0 Å². The summed E-state index contributed by atoms with van der Waals surface area (Å²) < 4.78 is 70.4. The van der Waals surface area contributed by atoms with Crippen LogP contribution >= 0.6 is 0 Å². The Kier molecular flexibility index (Phi) is 6.58. The molecule has 0 saturated heterocycles. The lowest BCUT2D eigenvalue weighted by Crippen LogP contribution is -2.28. The highest BCUT2D eigenvalue weighted by Gasteiger charge is 2.18. The van der Waals surface area contributed by atoms with Gasteiger partial charge in [0.15, 0.2) is 0 Å². The van der Waals surface area contributed by atoms with Crippen molar-refractivity contribution in [1.29, 1.82) is 0 Å². The Morgan fingerprint density at radius 3 is 2.22 bits per heavy atom. The van der Waals surface area contributed by atoms with E-state index in [-0.39, 0.29) is 22.9 Å². The summed E-state index contributed by atoms with van der Waals surface area (Å²) in [5, 5.41) is 0. The van der Waals surface area contributed by atoms with Crippen molar-refractivity contribution in [2.45, 2.75) is 16.7 Å². The maximum Gasteiger partial charge on any atom is 0.242 e. The molecule has 2 rings (SSSR count). The van der Waals surface area contributed by atoms with Crippen molar-refractivity contribution in [2.75, 3.05) is 27.2 Å². The lowest BCUT2D eigenvalue weighted by atomic mass is 10.2. The Bertz CT molecular complexity index is 1000. The number of hydrogen-bond donors (Lipinski definition) is 1. The predicted octanol–water partition coefficient (Wildman–Crippen LogP) is 1.74. The van der Waals surface area contributed by atoms with E-state index in [9.17, 15) is 21.2 Å². The van der Waals surface area contributed by atoms with Gasteiger partial charge in [0.2, 0.25) is 20.0 Å². The molecule has 2 aromatic carbocycles. The molecule has 1 N–H and O–H groups in total. The molecule has 0 aliphatic rings. The molecule has 7 nitrogen and oxygen atoms in total. The van der Waals surface area contributed by atoms with Crippen molar-refractivity contribution >= 4 is 20.0 Å². The predicted molar refractivity (Wildman–Crippen MR) is 99.1 cm³/mol. The van der Waals surface area contributed by atoms with Crippen LogP contribution in [0.4, 0.5) is 4.39 Å². The van der Waals surface area contributed by atoms with E-state index in [2.05, 4.69) is 4.72 Å². The van der Waals surface area contributed by atoms with Crippen LogP contribution in [0.5, 0.6) is 5.75 Å². The topological polar surface area (TPSA) is 92.8 Å². The maximum atomic E-state index is 13.1. The van der Waals surface area contributed by atoms with Gasteiger partial charge in [0.1, 0.15) is 18.2 Å². The van der Waals surface area contributed by atoms with E-state index in [1.165, 1.54) is 51.4 Å². The minimum Gasteiger partial charge on any atom is -0.492 e. The van der Waals surface area contributed by atoms with Gasteiger partial charge in [0.25, 0.3) is 0 Å². The van der Waals surface area contributed by atoms with Gasteiger partial charge in [0, 0.05) is 20.6 Å². The summed E-state index contributed by atoms with van der Waals surface area (Å²) in [5.41, 5.74) is 0.307. The molecule has 0 bridgehead atoms. The number of rotatable bonds is 8. The number of aryl methyl sites for hydroxylation is 1. The minimum absolute atomic E-state index is 0.00199. The largest absolute Gasteiger partial charge is 0.492 e. The van der Waals surface area contributed by atoms with E-state index < -0.39 is 25.9 Å². The number of sulfonamides is 2. The molecule has 0 heterocycles. The van der Waals surface area contributed by atoms with E-state index in [1.807, 2.05) is 0 Å². The van der Waals surface area contributed by atoms with Crippen molar-refractivity contribution in [3.63, 3.8) is 0 Å². The van der Waals surface area contributed by atoms with Crippen LogP contribution in [0.25, 0.3) is 0 Å². The Morgan fingerprint density at radius 2 is 1.67 bits per heavy atom. The fourth-order valence-electron chi connectivity index (χ4n) is 2.26. The first-order valence-electron chi connectivity index (χ1n) is 7.95. The molecule has 0 fully saturated rings. The first-order valence-corrected chi connectivity index (χ1v) is 10.9. The molecule has 0 spiro atoms. The zero-order chi connectivity index (χ0) is 20.2. The van der Waals surface area contributed by atoms with Gasteiger partial charge in [0.05, 0.1) is 9.79 Å². The third-order valence-electron chi connectivity index (χ3n) is 3.69. The summed E-state index contributed by atoms with van der Waals surface area (Å²) >= 11 is 0. The monoisotopic (exact) mass is 416 g/mol. The molecule has 0 radical (unpaired) electrons. The normalized spacial score (nSPS) is 12.3. The van der Waals surface area contributed by atoms with Crippen LogP contribution in [0.15, 0.2) is 52.3 Å². The summed E-state index contributed by atoms with van der Waals surface area (Å²) in [5.74, 6) is -0.0978. The molecule has 10 heteroatoms. The van der Waals surface area contributed by atoms with E-state index in [0.29, 0.717) is 11.3 Å². The highest BCUT2D eigenvalue weighted by molar-refractivity contribution is 7.89. The van der Waals surface area contributed by atoms with Gasteiger partial charge < -0.3 is 4.74 Å². The SMILES string of the molecule is Cc1cc(F)ccc1S(=O)(=O)NCCOc1ccc(S(=O)(=O)N(C)C)cc1. The van der Waals surface area contributed by atoms with Crippen molar-refractivity contribution in [2.24, 2.45) is 0 Å². The number of halogens is 1. The average molecular weight is 416 g/mol. The summed E-state index contributed by atoms with van der Waals surface area (Å²) in [7, 11) is -4.42. The smallest absolute Gasteiger partial charge is 0.242 e. The van der Waals surface area contributed by atoms with Gasteiger partial charge >= 0.3 is 0 Å². The van der Waals surface area contributed by atoms with Gasteiger partial charge in [-0.1, -0.05) is 0 Å². The Morgan fingerprint density at radius 1 is 1.04 bits per heavy atom. The second-order valence-electron chi connectivity index (χ2n) is 5.91. The van der Waals surface area contributed by atoms with Crippen LogP contribution in [0.2, 0.25) is 0 Å². The average Bonchev–Trinajstić information content (AvgIpc) is 2.58. The van der Waals surface area contributed by atoms with Crippen LogP contribution < -0.4 is 9.46 Å². The summed E-state index contributed by atoms with van der Waals surface area (Å²) in [6, 6.07) is 9.25. The van der Waals surface area contributed by atoms with Crippen LogP contribution in [-0.4, -0.2) is 48.4 Å². The van der Waals surface area contributed by atoms with Gasteiger partial charge in [-0.05, 0) is 55.0 Å². The lowest BCUT2D eigenvalue weighted by Gasteiger charge is -2.12. The number of hydrogen-bond acceptors (Lipinski definition) is 5. The quantitative estimate of drug-likeness (QED) is 0.662. The van der Waals surface area contributed by atoms with Crippen molar-refractivity contribution in [3.8, 4) is 5.75 Å². The number of ether oxygens (including phenoxy) is 1. The van der Waals surface area contributed by atoms with Crippen LogP contribution in [0.1, 0.15) is 5.56 Å². The molecule has 148 valence electrons. The second kappa shape index (κ2) is 8.34. The molecule has 2 aromatic rings. The van der Waals surface area contributed by atoms with Gasteiger partial charge in [-0.25, -0.2) is 30.3 Å². The third kappa shape index (κ3) is 5.25. The first kappa shape index (κ1) is 21.3. The first-order chi connectivity index (χ1) is 12.5. The van der Waals surface area contributed by atoms with E-state index in [4.69, 9.17) is 4.74 Å². The molecule has 0 aliphatic heterocycles. The molecule has 27 heavy (non-hydrogen) atoms. The second-order valence-corrected chi connectivity index (χ2v) is 9.80. The molecule has 0 aromatic heterocycles. The molecule has 0 aliphatic carbocycles. The number of nitrogens with one attached hydrogen (secondary N) is 1. The lowest BCUT2D eigenvalue weighted by molar-refractivity contribution is 0.322. The Balaban J connectivity index is 1.93. The molecule has 0 atom stereocenters. The van der Waals surface area contributed by atoms with Gasteiger partial charge in [-0.2, -0.15) is 0 Å².